The molecule has 3 aromatic carbocycles. The maximum absolute atomic E-state index is 12.3. The van der Waals surface area contributed by atoms with Crippen molar-refractivity contribution < 1.29 is 4.79 Å². The summed E-state index contributed by atoms with van der Waals surface area (Å²) in [6, 6.07) is 24.3. The maximum atomic E-state index is 12.3. The molecule has 0 atom stereocenters. The van der Waals surface area contributed by atoms with Crippen molar-refractivity contribution in [3.63, 3.8) is 0 Å². The lowest BCUT2D eigenvalue weighted by Gasteiger charge is -2.09. The van der Waals surface area contributed by atoms with Crippen LogP contribution < -0.4 is 5.43 Å². The summed E-state index contributed by atoms with van der Waals surface area (Å²) in [4.78, 5) is 12.3. The topological polar surface area (TPSA) is 46.4 Å². The summed E-state index contributed by atoms with van der Waals surface area (Å²) in [7, 11) is 0. The number of nitrogens with one attached hydrogen (secondary N) is 1. The van der Waals surface area contributed by atoms with E-state index in [1.54, 1.807) is 6.21 Å². The van der Waals surface area contributed by atoms with Crippen molar-refractivity contribution in [3.8, 4) is 0 Å². The summed E-state index contributed by atoms with van der Waals surface area (Å²) in [5, 5.41) is 5.36. The molecule has 0 spiro atoms. The second kappa shape index (κ2) is 9.62. The van der Waals surface area contributed by atoms with Gasteiger partial charge in [-0.3, -0.25) is 4.79 Å². The average molecular weight is 539 g/mol. The first-order chi connectivity index (χ1) is 15.0. The van der Waals surface area contributed by atoms with Gasteiger partial charge in [0, 0.05) is 37.7 Å². The molecule has 156 valence electrons. The van der Waals surface area contributed by atoms with Gasteiger partial charge in [-0.05, 0) is 48.4 Å². The van der Waals surface area contributed by atoms with Gasteiger partial charge in [-0.1, -0.05) is 74.3 Å². The van der Waals surface area contributed by atoms with Crippen LogP contribution in [-0.4, -0.2) is 16.7 Å². The molecule has 0 radical (unpaired) electrons. The summed E-state index contributed by atoms with van der Waals surface area (Å²) >= 11 is 6.90. The van der Waals surface area contributed by atoms with E-state index in [0.717, 1.165) is 43.2 Å². The summed E-state index contributed by atoms with van der Waals surface area (Å²) in [5.41, 5.74) is 8.08. The third kappa shape index (κ3) is 5.14. The van der Waals surface area contributed by atoms with Crippen LogP contribution in [0.15, 0.2) is 86.8 Å². The Bertz CT molecular complexity index is 1240. The minimum atomic E-state index is -0.144. The van der Waals surface area contributed by atoms with Gasteiger partial charge in [0.05, 0.1) is 12.6 Å². The molecule has 4 nitrogen and oxygen atoms in total. The molecular weight excluding hydrogens is 518 g/mol. The molecule has 1 aromatic heterocycles. The second-order valence-corrected chi connectivity index (χ2v) is 9.16. The molecule has 1 N–H and O–H groups in total. The number of carbonyl (C=O) groups excluding carboxylic acids is 1. The largest absolute Gasteiger partial charge is 0.340 e. The summed E-state index contributed by atoms with van der Waals surface area (Å²) in [5.74, 6) is -0.144. The fourth-order valence-electron chi connectivity index (χ4n) is 3.59. The molecule has 6 heteroatoms. The van der Waals surface area contributed by atoms with Gasteiger partial charge in [0.15, 0.2) is 0 Å². The number of fused-ring (bicyclic) bond motifs is 1. The van der Waals surface area contributed by atoms with Gasteiger partial charge >= 0.3 is 0 Å². The number of nitrogens with zero attached hydrogens (tertiary/aromatic N) is 2. The standard InChI is InChI=1S/C25H21Br2N3O/c1-17-23(15-28-29-25(31)14-18-6-10-20(26)11-7-18)22-4-2-3-5-24(22)30(17)16-19-8-12-21(27)13-9-19/h2-13,15H,14,16H2,1H3,(H,29,31)/b28-15+. The van der Waals surface area contributed by atoms with Crippen LogP contribution in [0.1, 0.15) is 22.4 Å². The number of carbonyl (C=O) groups is 1. The number of benzene rings is 3. The molecule has 0 saturated heterocycles. The predicted octanol–water partition coefficient (Wildman–Crippen LogP) is 6.22. The lowest BCUT2D eigenvalue weighted by molar-refractivity contribution is -0.120. The number of hydrazone groups is 1. The monoisotopic (exact) mass is 537 g/mol. The second-order valence-electron chi connectivity index (χ2n) is 7.33. The Morgan fingerprint density at radius 3 is 2.23 bits per heavy atom. The third-order valence-electron chi connectivity index (χ3n) is 5.19. The van der Waals surface area contributed by atoms with Crippen molar-refractivity contribution in [3.05, 3.63) is 104 Å². The smallest absolute Gasteiger partial charge is 0.244 e. The normalized spacial score (nSPS) is 11.3. The molecule has 1 heterocycles. The van der Waals surface area contributed by atoms with Gasteiger partial charge in [-0.15, -0.1) is 0 Å². The van der Waals surface area contributed by atoms with Crippen LogP contribution in [0.4, 0.5) is 0 Å². The van der Waals surface area contributed by atoms with E-state index >= 15 is 0 Å². The van der Waals surface area contributed by atoms with Crippen LogP contribution in [0.3, 0.4) is 0 Å². The molecule has 4 aromatic rings. The van der Waals surface area contributed by atoms with E-state index in [-0.39, 0.29) is 12.3 Å². The highest BCUT2D eigenvalue weighted by Gasteiger charge is 2.13. The van der Waals surface area contributed by atoms with Gasteiger partial charge in [-0.25, -0.2) is 5.43 Å². The van der Waals surface area contributed by atoms with Gasteiger partial charge in [0.1, 0.15) is 0 Å². The number of amides is 1. The first-order valence-electron chi connectivity index (χ1n) is 9.90. The quantitative estimate of drug-likeness (QED) is 0.230. The fraction of sp³-hybridized carbons (Fsp3) is 0.120. The number of hydrogen-bond acceptors (Lipinski definition) is 2. The van der Waals surface area contributed by atoms with Crippen molar-refractivity contribution in [1.82, 2.24) is 9.99 Å². The van der Waals surface area contributed by atoms with Crippen molar-refractivity contribution in [2.24, 2.45) is 5.10 Å². The zero-order chi connectivity index (χ0) is 21.8. The fourth-order valence-corrected chi connectivity index (χ4v) is 4.12. The molecule has 0 aliphatic heterocycles. The number of hydrogen-bond donors (Lipinski definition) is 1. The zero-order valence-corrected chi connectivity index (χ0v) is 20.2. The Morgan fingerprint density at radius 2 is 1.55 bits per heavy atom. The summed E-state index contributed by atoms with van der Waals surface area (Å²) < 4.78 is 4.34. The lowest BCUT2D eigenvalue weighted by atomic mass is 10.1. The molecular formula is C25H21Br2N3O. The molecule has 0 unspecified atom stereocenters. The summed E-state index contributed by atoms with van der Waals surface area (Å²) in [6.45, 7) is 2.85. The zero-order valence-electron chi connectivity index (χ0n) is 17.0. The highest BCUT2D eigenvalue weighted by molar-refractivity contribution is 9.10. The highest BCUT2D eigenvalue weighted by atomic mass is 79.9. The molecule has 0 bridgehead atoms. The van der Waals surface area contributed by atoms with Gasteiger partial charge in [0.25, 0.3) is 0 Å². The Labute approximate surface area is 198 Å². The Balaban J connectivity index is 1.54. The Morgan fingerprint density at radius 1 is 0.935 bits per heavy atom. The first kappa shape index (κ1) is 21.5. The predicted molar refractivity (Wildman–Crippen MR) is 134 cm³/mol. The third-order valence-corrected chi connectivity index (χ3v) is 6.25. The van der Waals surface area contributed by atoms with E-state index in [1.165, 1.54) is 5.56 Å². The Kier molecular flexibility index (Phi) is 6.68. The number of halogens is 2. The van der Waals surface area contributed by atoms with E-state index in [1.807, 2.05) is 36.4 Å². The molecule has 0 aliphatic carbocycles. The van der Waals surface area contributed by atoms with Crippen molar-refractivity contribution in [2.75, 3.05) is 0 Å². The number of aromatic nitrogens is 1. The highest BCUT2D eigenvalue weighted by Crippen LogP contribution is 2.26. The van der Waals surface area contributed by atoms with Gasteiger partial charge < -0.3 is 4.57 Å². The average Bonchev–Trinajstić information content (AvgIpc) is 3.03. The van der Waals surface area contributed by atoms with Crippen molar-refractivity contribution >= 4 is 54.9 Å². The van der Waals surface area contributed by atoms with Gasteiger partial charge in [0.2, 0.25) is 5.91 Å². The SMILES string of the molecule is Cc1c(/C=N/NC(=O)Cc2ccc(Br)cc2)c2ccccc2n1Cc1ccc(Br)cc1. The van der Waals surface area contributed by atoms with E-state index in [9.17, 15) is 4.79 Å². The Hall–Kier alpha value is -2.70. The molecule has 0 saturated carbocycles. The first-order valence-corrected chi connectivity index (χ1v) is 11.5. The van der Waals surface area contributed by atoms with Crippen LogP contribution in [0.2, 0.25) is 0 Å². The molecule has 1 amide bonds. The van der Waals surface area contributed by atoms with E-state index < -0.39 is 0 Å². The lowest BCUT2D eigenvalue weighted by Crippen LogP contribution is -2.19. The molecule has 4 rings (SSSR count). The maximum Gasteiger partial charge on any atom is 0.244 e. The minimum absolute atomic E-state index is 0.144. The van der Waals surface area contributed by atoms with Crippen LogP contribution in [0.5, 0.6) is 0 Å². The summed E-state index contributed by atoms with van der Waals surface area (Å²) in [6.07, 6.45) is 2.03. The van der Waals surface area contributed by atoms with Crippen LogP contribution in [-0.2, 0) is 17.8 Å². The minimum Gasteiger partial charge on any atom is -0.340 e. The molecule has 0 fully saturated rings. The van der Waals surface area contributed by atoms with Crippen molar-refractivity contribution in [1.29, 1.82) is 0 Å². The number of rotatable bonds is 6. The van der Waals surface area contributed by atoms with Crippen LogP contribution in [0.25, 0.3) is 10.9 Å². The molecule has 31 heavy (non-hydrogen) atoms. The van der Waals surface area contributed by atoms with E-state index in [2.05, 4.69) is 90.3 Å². The van der Waals surface area contributed by atoms with E-state index in [0.29, 0.717) is 0 Å². The number of para-hydroxylation sites is 1. The van der Waals surface area contributed by atoms with Crippen molar-refractivity contribution in [2.45, 2.75) is 19.9 Å². The van der Waals surface area contributed by atoms with Crippen LogP contribution >= 0.6 is 31.9 Å². The van der Waals surface area contributed by atoms with Gasteiger partial charge in [-0.2, -0.15) is 5.10 Å². The van der Waals surface area contributed by atoms with E-state index in [4.69, 9.17) is 0 Å². The molecule has 0 aliphatic rings. The van der Waals surface area contributed by atoms with Crippen LogP contribution in [0, 0.1) is 6.92 Å².